The molecule has 0 aromatic carbocycles. The summed E-state index contributed by atoms with van der Waals surface area (Å²) < 4.78 is 0. The third-order valence-electron chi connectivity index (χ3n) is 2.78. The van der Waals surface area contributed by atoms with Crippen molar-refractivity contribution in [2.45, 2.75) is 26.3 Å². The summed E-state index contributed by atoms with van der Waals surface area (Å²) in [5, 5.41) is 2.76. The van der Waals surface area contributed by atoms with Gasteiger partial charge in [-0.25, -0.2) is 0 Å². The second-order valence-corrected chi connectivity index (χ2v) is 3.88. The molecule has 1 aliphatic heterocycles. The Morgan fingerprint density at radius 2 is 2.40 bits per heavy atom. The van der Waals surface area contributed by atoms with Crippen LogP contribution in [0.3, 0.4) is 0 Å². The van der Waals surface area contributed by atoms with Gasteiger partial charge in [-0.05, 0) is 6.42 Å². The number of nitrogens with two attached hydrogens (primary N) is 1. The van der Waals surface area contributed by atoms with Gasteiger partial charge in [0, 0.05) is 25.6 Å². The number of amides is 2. The standard InChI is InChI=1S/C10H19N3O2/c1-3-8-9(14)12-4-5-13(8)10(15)7(2)6-11/h7-8H,3-6,11H2,1-2H3,(H,12,14). The van der Waals surface area contributed by atoms with E-state index >= 15 is 0 Å². The van der Waals surface area contributed by atoms with Crippen LogP contribution in [0.2, 0.25) is 0 Å². The molecule has 15 heavy (non-hydrogen) atoms. The summed E-state index contributed by atoms with van der Waals surface area (Å²) >= 11 is 0. The zero-order valence-electron chi connectivity index (χ0n) is 9.32. The first-order chi connectivity index (χ1) is 7.11. The summed E-state index contributed by atoms with van der Waals surface area (Å²) in [5.41, 5.74) is 5.45. The van der Waals surface area contributed by atoms with Gasteiger partial charge in [0.2, 0.25) is 11.8 Å². The second kappa shape index (κ2) is 5.11. The highest BCUT2D eigenvalue weighted by atomic mass is 16.2. The van der Waals surface area contributed by atoms with Gasteiger partial charge in [-0.15, -0.1) is 0 Å². The third kappa shape index (κ3) is 2.47. The number of carbonyl (C=O) groups is 2. The molecule has 2 amide bonds. The summed E-state index contributed by atoms with van der Waals surface area (Å²) in [6, 6.07) is -0.319. The average molecular weight is 213 g/mol. The minimum absolute atomic E-state index is 0.0146. The van der Waals surface area contributed by atoms with Gasteiger partial charge < -0.3 is 16.0 Å². The van der Waals surface area contributed by atoms with Gasteiger partial charge in [-0.3, -0.25) is 9.59 Å². The summed E-state index contributed by atoms with van der Waals surface area (Å²) in [7, 11) is 0. The van der Waals surface area contributed by atoms with Crippen LogP contribution in [0.15, 0.2) is 0 Å². The Hall–Kier alpha value is -1.10. The van der Waals surface area contributed by atoms with E-state index in [-0.39, 0.29) is 23.8 Å². The van der Waals surface area contributed by atoms with E-state index in [4.69, 9.17) is 5.73 Å². The topological polar surface area (TPSA) is 75.4 Å². The number of carbonyl (C=O) groups excluding carboxylic acids is 2. The Morgan fingerprint density at radius 3 is 2.93 bits per heavy atom. The molecule has 0 aliphatic carbocycles. The molecule has 5 nitrogen and oxygen atoms in total. The van der Waals surface area contributed by atoms with Crippen molar-refractivity contribution < 1.29 is 9.59 Å². The molecule has 0 aromatic rings. The van der Waals surface area contributed by atoms with E-state index in [2.05, 4.69) is 5.32 Å². The molecule has 3 N–H and O–H groups in total. The minimum Gasteiger partial charge on any atom is -0.353 e. The predicted molar refractivity (Wildman–Crippen MR) is 57.0 cm³/mol. The molecular formula is C10H19N3O2. The minimum atomic E-state index is -0.319. The number of hydrogen-bond acceptors (Lipinski definition) is 3. The zero-order chi connectivity index (χ0) is 11.4. The molecule has 1 rings (SSSR count). The molecule has 0 bridgehead atoms. The van der Waals surface area contributed by atoms with Gasteiger partial charge >= 0.3 is 0 Å². The Morgan fingerprint density at radius 1 is 1.73 bits per heavy atom. The third-order valence-corrected chi connectivity index (χ3v) is 2.78. The fourth-order valence-electron chi connectivity index (χ4n) is 1.77. The molecule has 0 spiro atoms. The lowest BCUT2D eigenvalue weighted by Gasteiger charge is -2.35. The van der Waals surface area contributed by atoms with Crippen LogP contribution in [0.4, 0.5) is 0 Å². The van der Waals surface area contributed by atoms with Crippen molar-refractivity contribution in [1.29, 1.82) is 0 Å². The molecule has 2 atom stereocenters. The van der Waals surface area contributed by atoms with Crippen molar-refractivity contribution >= 4 is 11.8 Å². The van der Waals surface area contributed by atoms with Gasteiger partial charge in [0.15, 0.2) is 0 Å². The zero-order valence-corrected chi connectivity index (χ0v) is 9.32. The van der Waals surface area contributed by atoms with Crippen LogP contribution in [0.25, 0.3) is 0 Å². The molecule has 0 aromatic heterocycles. The molecule has 1 fully saturated rings. The van der Waals surface area contributed by atoms with Crippen molar-refractivity contribution in [1.82, 2.24) is 10.2 Å². The molecular weight excluding hydrogens is 194 g/mol. The van der Waals surface area contributed by atoms with Crippen LogP contribution in [0.5, 0.6) is 0 Å². The first-order valence-corrected chi connectivity index (χ1v) is 5.40. The summed E-state index contributed by atoms with van der Waals surface area (Å²) in [5.74, 6) is -0.273. The van der Waals surface area contributed by atoms with Gasteiger partial charge in [-0.2, -0.15) is 0 Å². The Bertz CT molecular complexity index is 255. The lowest BCUT2D eigenvalue weighted by molar-refractivity contribution is -0.145. The Balaban J connectivity index is 2.73. The van der Waals surface area contributed by atoms with Crippen LogP contribution in [0, 0.1) is 5.92 Å². The van der Waals surface area contributed by atoms with E-state index in [1.807, 2.05) is 6.92 Å². The van der Waals surface area contributed by atoms with Crippen LogP contribution in [0.1, 0.15) is 20.3 Å². The lowest BCUT2D eigenvalue weighted by atomic mass is 10.1. The van der Waals surface area contributed by atoms with Crippen molar-refractivity contribution in [2.75, 3.05) is 19.6 Å². The van der Waals surface area contributed by atoms with E-state index in [1.165, 1.54) is 0 Å². The van der Waals surface area contributed by atoms with Crippen molar-refractivity contribution in [2.24, 2.45) is 11.7 Å². The van der Waals surface area contributed by atoms with E-state index < -0.39 is 0 Å². The summed E-state index contributed by atoms with van der Waals surface area (Å²) in [6.45, 7) is 5.16. The quantitative estimate of drug-likeness (QED) is 0.652. The van der Waals surface area contributed by atoms with Crippen LogP contribution >= 0.6 is 0 Å². The largest absolute Gasteiger partial charge is 0.353 e. The van der Waals surface area contributed by atoms with Crippen molar-refractivity contribution in [3.63, 3.8) is 0 Å². The second-order valence-electron chi connectivity index (χ2n) is 3.88. The molecule has 0 radical (unpaired) electrons. The molecule has 5 heteroatoms. The monoisotopic (exact) mass is 213 g/mol. The highest BCUT2D eigenvalue weighted by molar-refractivity contribution is 5.89. The number of nitrogens with zero attached hydrogens (tertiary/aromatic N) is 1. The van der Waals surface area contributed by atoms with E-state index in [0.717, 1.165) is 0 Å². The maximum atomic E-state index is 11.9. The van der Waals surface area contributed by atoms with Crippen molar-refractivity contribution in [3.05, 3.63) is 0 Å². The lowest BCUT2D eigenvalue weighted by Crippen LogP contribution is -2.58. The number of rotatable bonds is 3. The fourth-order valence-corrected chi connectivity index (χ4v) is 1.77. The van der Waals surface area contributed by atoms with Gasteiger partial charge in [0.05, 0.1) is 0 Å². The van der Waals surface area contributed by atoms with Crippen LogP contribution in [-0.4, -0.2) is 42.4 Å². The predicted octanol–water partition coefficient (Wildman–Crippen LogP) is -0.682. The normalized spacial score (nSPS) is 23.5. The average Bonchev–Trinajstić information content (AvgIpc) is 2.26. The first kappa shape index (κ1) is 12.0. The van der Waals surface area contributed by atoms with Crippen molar-refractivity contribution in [3.8, 4) is 0 Å². The molecule has 2 unspecified atom stereocenters. The molecule has 1 saturated heterocycles. The molecule has 86 valence electrons. The van der Waals surface area contributed by atoms with E-state index in [1.54, 1.807) is 11.8 Å². The van der Waals surface area contributed by atoms with Gasteiger partial charge in [-0.1, -0.05) is 13.8 Å². The van der Waals surface area contributed by atoms with Gasteiger partial charge in [0.1, 0.15) is 6.04 Å². The smallest absolute Gasteiger partial charge is 0.242 e. The van der Waals surface area contributed by atoms with Crippen LogP contribution in [-0.2, 0) is 9.59 Å². The SMILES string of the molecule is CCC1C(=O)NCCN1C(=O)C(C)CN. The van der Waals surface area contributed by atoms with Gasteiger partial charge in [0.25, 0.3) is 0 Å². The highest BCUT2D eigenvalue weighted by Crippen LogP contribution is 2.12. The Kier molecular flexibility index (Phi) is 4.08. The molecule has 1 aliphatic rings. The highest BCUT2D eigenvalue weighted by Gasteiger charge is 2.32. The first-order valence-electron chi connectivity index (χ1n) is 5.40. The number of nitrogens with one attached hydrogen (secondary N) is 1. The fraction of sp³-hybridized carbons (Fsp3) is 0.800. The summed E-state index contributed by atoms with van der Waals surface area (Å²) in [6.07, 6.45) is 0.648. The Labute approximate surface area is 90.0 Å². The summed E-state index contributed by atoms with van der Waals surface area (Å²) in [4.78, 5) is 25.1. The maximum absolute atomic E-state index is 11.9. The molecule has 1 heterocycles. The maximum Gasteiger partial charge on any atom is 0.242 e. The number of hydrogen-bond donors (Lipinski definition) is 2. The molecule has 0 saturated carbocycles. The van der Waals surface area contributed by atoms with E-state index in [9.17, 15) is 9.59 Å². The van der Waals surface area contributed by atoms with E-state index in [0.29, 0.717) is 26.1 Å². The van der Waals surface area contributed by atoms with Crippen LogP contribution < -0.4 is 11.1 Å². The number of piperazine rings is 1.